The van der Waals surface area contributed by atoms with E-state index in [0.717, 1.165) is 15.6 Å². The molecule has 0 aliphatic carbocycles. The summed E-state index contributed by atoms with van der Waals surface area (Å²) in [5, 5.41) is 22.9. The number of rotatable bonds is 7. The summed E-state index contributed by atoms with van der Waals surface area (Å²) in [6.07, 6.45) is 0.669. The van der Waals surface area contributed by atoms with Crippen molar-refractivity contribution in [3.63, 3.8) is 0 Å². The topological polar surface area (TPSA) is 69.6 Å². The average Bonchev–Trinajstić information content (AvgIpc) is 2.82. The van der Waals surface area contributed by atoms with Crippen LogP contribution in [0.2, 0.25) is 0 Å². The largest absolute Gasteiger partial charge is 0.477 e. The highest BCUT2D eigenvalue weighted by Gasteiger charge is 2.19. The number of benzene rings is 1. The van der Waals surface area contributed by atoms with Gasteiger partial charge in [0, 0.05) is 23.9 Å². The number of thiophene rings is 1. The van der Waals surface area contributed by atoms with Crippen LogP contribution in [-0.2, 0) is 6.54 Å². The molecular weight excluding hydrogens is 286 g/mol. The van der Waals surface area contributed by atoms with Crippen molar-refractivity contribution in [1.82, 2.24) is 5.32 Å². The summed E-state index contributed by atoms with van der Waals surface area (Å²) in [4.78, 5) is 11.8. The number of carboxylic acid groups (broad SMARTS) is 1. The van der Waals surface area contributed by atoms with Gasteiger partial charge in [0.1, 0.15) is 4.88 Å². The first-order chi connectivity index (χ1) is 10.0. The maximum atomic E-state index is 11.4. The molecule has 0 spiro atoms. The van der Waals surface area contributed by atoms with Gasteiger partial charge >= 0.3 is 5.97 Å². The number of fused-ring (bicyclic) bond motifs is 1. The zero-order chi connectivity index (χ0) is 15.4. The van der Waals surface area contributed by atoms with E-state index in [1.807, 2.05) is 24.3 Å². The first-order valence-electron chi connectivity index (χ1n) is 7.12. The van der Waals surface area contributed by atoms with Crippen LogP contribution in [0.5, 0.6) is 0 Å². The lowest BCUT2D eigenvalue weighted by molar-refractivity contribution is 0.0701. The van der Waals surface area contributed by atoms with Crippen molar-refractivity contribution in [2.45, 2.75) is 32.9 Å². The lowest BCUT2D eigenvalue weighted by atomic mass is 10.0. The van der Waals surface area contributed by atoms with Crippen LogP contribution >= 0.6 is 11.3 Å². The Balaban J connectivity index is 2.28. The zero-order valence-corrected chi connectivity index (χ0v) is 13.1. The van der Waals surface area contributed by atoms with Crippen LogP contribution in [0.25, 0.3) is 10.1 Å². The van der Waals surface area contributed by atoms with Crippen molar-refractivity contribution in [1.29, 1.82) is 0 Å². The second kappa shape index (κ2) is 7.02. The van der Waals surface area contributed by atoms with Gasteiger partial charge in [0.2, 0.25) is 0 Å². The highest BCUT2D eigenvalue weighted by Crippen LogP contribution is 2.31. The molecule has 0 saturated carbocycles. The molecule has 0 saturated heterocycles. The molecule has 1 aromatic carbocycles. The van der Waals surface area contributed by atoms with Crippen LogP contribution in [0, 0.1) is 5.92 Å². The van der Waals surface area contributed by atoms with Crippen molar-refractivity contribution in [2.24, 2.45) is 5.92 Å². The molecule has 0 bridgehead atoms. The van der Waals surface area contributed by atoms with Crippen LogP contribution in [-0.4, -0.2) is 28.8 Å². The maximum Gasteiger partial charge on any atom is 0.346 e. The number of nitrogens with one attached hydrogen (secondary N) is 1. The minimum atomic E-state index is -0.878. The van der Waals surface area contributed by atoms with Crippen molar-refractivity contribution < 1.29 is 15.0 Å². The normalized spacial score (nSPS) is 13.0. The molecule has 2 aromatic rings. The summed E-state index contributed by atoms with van der Waals surface area (Å²) in [6.45, 7) is 4.83. The number of carbonyl (C=O) groups is 1. The predicted octanol–water partition coefficient (Wildman–Crippen LogP) is 3.10. The molecule has 0 aliphatic rings. The minimum Gasteiger partial charge on any atom is -0.477 e. The van der Waals surface area contributed by atoms with E-state index in [9.17, 15) is 9.90 Å². The number of aromatic carboxylic acids is 1. The molecule has 1 heterocycles. The molecule has 0 radical (unpaired) electrons. The van der Waals surface area contributed by atoms with Crippen LogP contribution in [0.4, 0.5) is 0 Å². The second-order valence-corrected chi connectivity index (χ2v) is 6.51. The number of aliphatic hydroxyl groups excluding tert-OH is 1. The van der Waals surface area contributed by atoms with Crippen LogP contribution in [0.3, 0.4) is 0 Å². The Morgan fingerprint density at radius 2 is 2.05 bits per heavy atom. The minimum absolute atomic E-state index is 0.131. The van der Waals surface area contributed by atoms with Crippen molar-refractivity contribution in [2.75, 3.05) is 6.61 Å². The number of aliphatic hydroxyl groups is 1. The van der Waals surface area contributed by atoms with Gasteiger partial charge in [-0.15, -0.1) is 11.3 Å². The fourth-order valence-electron chi connectivity index (χ4n) is 2.49. The van der Waals surface area contributed by atoms with Gasteiger partial charge in [-0.2, -0.15) is 0 Å². The first kappa shape index (κ1) is 15.9. The lowest BCUT2D eigenvalue weighted by Gasteiger charge is -2.21. The molecule has 1 aromatic heterocycles. The molecule has 3 N–H and O–H groups in total. The number of hydrogen-bond acceptors (Lipinski definition) is 4. The maximum absolute atomic E-state index is 11.4. The van der Waals surface area contributed by atoms with Crippen molar-refractivity contribution >= 4 is 27.4 Å². The summed E-state index contributed by atoms with van der Waals surface area (Å²) in [6, 6.07) is 7.94. The molecule has 5 heteroatoms. The quantitative estimate of drug-likeness (QED) is 0.735. The fraction of sp³-hybridized carbons (Fsp3) is 0.438. The highest BCUT2D eigenvalue weighted by atomic mass is 32.1. The van der Waals surface area contributed by atoms with Crippen LogP contribution in [0.15, 0.2) is 24.3 Å². The Hall–Kier alpha value is -1.43. The van der Waals surface area contributed by atoms with E-state index < -0.39 is 5.97 Å². The molecular formula is C16H21NO3S. The molecule has 2 rings (SSSR count). The summed E-state index contributed by atoms with van der Waals surface area (Å²) in [7, 11) is 0. The van der Waals surface area contributed by atoms with Gasteiger partial charge in [0.25, 0.3) is 0 Å². The van der Waals surface area contributed by atoms with E-state index in [4.69, 9.17) is 5.11 Å². The SMILES string of the molecule is CC(C)C(CCO)NCc1c(C(=O)O)sc2ccccc12. The van der Waals surface area contributed by atoms with Gasteiger partial charge in [-0.25, -0.2) is 4.79 Å². The van der Waals surface area contributed by atoms with Crippen molar-refractivity contribution in [3.8, 4) is 0 Å². The molecule has 0 fully saturated rings. The highest BCUT2D eigenvalue weighted by molar-refractivity contribution is 7.21. The number of hydrogen-bond donors (Lipinski definition) is 3. The summed E-state index contributed by atoms with van der Waals surface area (Å²) in [5.74, 6) is -0.494. The molecule has 4 nitrogen and oxygen atoms in total. The Kier molecular flexibility index (Phi) is 5.33. The third-order valence-electron chi connectivity index (χ3n) is 3.68. The predicted molar refractivity (Wildman–Crippen MR) is 86.0 cm³/mol. The van der Waals surface area contributed by atoms with E-state index in [1.165, 1.54) is 11.3 Å². The zero-order valence-electron chi connectivity index (χ0n) is 12.3. The Morgan fingerprint density at radius 1 is 1.33 bits per heavy atom. The van der Waals surface area contributed by atoms with E-state index >= 15 is 0 Å². The van der Waals surface area contributed by atoms with Gasteiger partial charge < -0.3 is 15.5 Å². The average molecular weight is 307 g/mol. The first-order valence-corrected chi connectivity index (χ1v) is 7.94. The third kappa shape index (κ3) is 3.61. The Bertz CT molecular complexity index is 621. The van der Waals surface area contributed by atoms with E-state index in [2.05, 4.69) is 19.2 Å². The van der Waals surface area contributed by atoms with E-state index in [-0.39, 0.29) is 12.6 Å². The smallest absolute Gasteiger partial charge is 0.346 e. The third-order valence-corrected chi connectivity index (χ3v) is 4.88. The number of carboxylic acids is 1. The summed E-state index contributed by atoms with van der Waals surface area (Å²) in [5.41, 5.74) is 0.840. The molecule has 0 amide bonds. The van der Waals surface area contributed by atoms with Crippen molar-refractivity contribution in [3.05, 3.63) is 34.7 Å². The van der Waals surface area contributed by atoms with Crippen LogP contribution < -0.4 is 5.32 Å². The monoisotopic (exact) mass is 307 g/mol. The van der Waals surface area contributed by atoms with Gasteiger partial charge in [-0.3, -0.25) is 0 Å². The Labute approximate surface area is 128 Å². The molecule has 0 aliphatic heterocycles. The standard InChI is InChI=1S/C16H21NO3S/c1-10(2)13(7-8-18)17-9-12-11-5-3-4-6-14(11)21-15(12)16(19)20/h3-6,10,13,17-18H,7-9H2,1-2H3,(H,19,20). The van der Waals surface area contributed by atoms with Gasteiger partial charge in [0.05, 0.1) is 0 Å². The lowest BCUT2D eigenvalue weighted by Crippen LogP contribution is -2.34. The summed E-state index contributed by atoms with van der Waals surface area (Å²) < 4.78 is 0.995. The fourth-order valence-corrected chi connectivity index (χ4v) is 3.55. The molecule has 1 atom stereocenters. The van der Waals surface area contributed by atoms with Gasteiger partial charge in [-0.05, 0) is 29.4 Å². The second-order valence-electron chi connectivity index (χ2n) is 5.45. The molecule has 1 unspecified atom stereocenters. The molecule has 114 valence electrons. The van der Waals surface area contributed by atoms with Gasteiger partial charge in [-0.1, -0.05) is 32.0 Å². The van der Waals surface area contributed by atoms with E-state index in [0.29, 0.717) is 23.8 Å². The summed E-state index contributed by atoms with van der Waals surface area (Å²) >= 11 is 1.32. The van der Waals surface area contributed by atoms with E-state index in [1.54, 1.807) is 0 Å². The van der Waals surface area contributed by atoms with Gasteiger partial charge in [0.15, 0.2) is 0 Å². The van der Waals surface area contributed by atoms with Crippen LogP contribution in [0.1, 0.15) is 35.5 Å². The Morgan fingerprint density at radius 3 is 2.67 bits per heavy atom. The molecule has 21 heavy (non-hydrogen) atoms.